The molecule has 14 N–H and O–H groups in total. The number of aliphatic hydroxyl groups is 2. The number of phenols is 12. The first-order valence-electron chi connectivity index (χ1n) is 15.6. The number of aliphatic hydroxyl groups excluding tert-OH is 2. The van der Waals surface area contributed by atoms with Crippen molar-refractivity contribution in [2.24, 2.45) is 0 Å². The van der Waals surface area contributed by atoms with E-state index in [0.717, 1.165) is 0 Å². The van der Waals surface area contributed by atoms with Crippen molar-refractivity contribution in [1.82, 2.24) is 0 Å². The quantitative estimate of drug-likeness (QED) is 0.0703. The second-order valence-corrected chi connectivity index (χ2v) is 12.5. The molecular weight excluding hydrogens is 760 g/mol. The molecule has 0 fully saturated rings. The van der Waals surface area contributed by atoms with Gasteiger partial charge in [0.05, 0.1) is 22.3 Å². The Morgan fingerprint density at radius 2 is 0.804 bits per heavy atom. The third-order valence-electron chi connectivity index (χ3n) is 9.33. The van der Waals surface area contributed by atoms with Crippen LogP contribution in [0.1, 0.15) is 53.1 Å². The number of carbonyl (C=O) groups excluding carboxylic acids is 4. The van der Waals surface area contributed by atoms with E-state index in [0.29, 0.717) is 18.2 Å². The molecule has 292 valence electrons. The SMILES string of the molecule is O=C1OC[C@@H](O)[C@H]([C@@H]2OC(=O)c3cc(O)c(O)c(O)c3-c3c(O)c(O)c(O)c4c3C(=O)O[C@@H]2[C@@H]4O)OC(=O)c2cc(O)c(O)c(O)c2-c2c1cc(O)c(O)c2O. The smallest absolute Gasteiger partial charge is 0.339 e. The van der Waals surface area contributed by atoms with Crippen LogP contribution in [-0.2, 0) is 18.9 Å². The molecule has 8 rings (SSSR count). The Kier molecular flexibility index (Phi) is 8.13. The average Bonchev–Trinajstić information content (AvgIpc) is 3.16. The minimum atomic E-state index is -2.55. The minimum Gasteiger partial charge on any atom is -0.504 e. The van der Waals surface area contributed by atoms with Crippen molar-refractivity contribution in [2.75, 3.05) is 6.61 Å². The van der Waals surface area contributed by atoms with E-state index in [1.54, 1.807) is 0 Å². The van der Waals surface area contributed by atoms with E-state index in [1.165, 1.54) is 0 Å². The molecule has 22 nitrogen and oxygen atoms in total. The lowest BCUT2D eigenvalue weighted by Gasteiger charge is -2.40. The molecule has 0 saturated carbocycles. The van der Waals surface area contributed by atoms with Crippen molar-refractivity contribution < 1.29 is 110 Å². The largest absolute Gasteiger partial charge is 0.504 e. The highest BCUT2D eigenvalue weighted by Crippen LogP contribution is 2.58. The Hall–Kier alpha value is -7.72. The van der Waals surface area contributed by atoms with Gasteiger partial charge in [-0.1, -0.05) is 0 Å². The second-order valence-electron chi connectivity index (χ2n) is 12.5. The first kappa shape index (κ1) is 36.6. The number of hydrogen-bond acceptors (Lipinski definition) is 22. The first-order valence-corrected chi connectivity index (χ1v) is 15.6. The van der Waals surface area contributed by atoms with Crippen molar-refractivity contribution >= 4 is 23.9 Å². The Morgan fingerprint density at radius 3 is 1.29 bits per heavy atom. The van der Waals surface area contributed by atoms with Crippen molar-refractivity contribution in [2.45, 2.75) is 30.5 Å². The molecule has 0 aromatic heterocycles. The Balaban J connectivity index is 1.48. The summed E-state index contributed by atoms with van der Waals surface area (Å²) in [5.41, 5.74) is -9.23. The lowest BCUT2D eigenvalue weighted by atomic mass is 9.82. The van der Waals surface area contributed by atoms with Crippen molar-refractivity contribution in [1.29, 1.82) is 0 Å². The van der Waals surface area contributed by atoms with E-state index in [4.69, 9.17) is 18.9 Å². The Morgan fingerprint density at radius 1 is 0.411 bits per heavy atom. The van der Waals surface area contributed by atoms with Gasteiger partial charge >= 0.3 is 23.9 Å². The van der Waals surface area contributed by atoms with Crippen LogP contribution in [0.2, 0.25) is 0 Å². The van der Waals surface area contributed by atoms with Crippen molar-refractivity contribution in [3.8, 4) is 91.2 Å². The fourth-order valence-corrected chi connectivity index (χ4v) is 6.70. The highest BCUT2D eigenvalue weighted by molar-refractivity contribution is 6.11. The third-order valence-corrected chi connectivity index (χ3v) is 9.33. The maximum Gasteiger partial charge on any atom is 0.339 e. The maximum absolute atomic E-state index is 14.1. The summed E-state index contributed by atoms with van der Waals surface area (Å²) in [5, 5.41) is 150. The number of aromatic hydroxyl groups is 12. The molecule has 4 aromatic rings. The molecule has 4 heterocycles. The number of phenolic OH excluding ortho intramolecular Hbond substituents is 12. The van der Waals surface area contributed by atoms with Crippen LogP contribution in [0.25, 0.3) is 22.3 Å². The van der Waals surface area contributed by atoms with Crippen molar-refractivity contribution in [3.05, 3.63) is 46.0 Å². The lowest BCUT2D eigenvalue weighted by molar-refractivity contribution is -0.153. The molecule has 22 heteroatoms. The van der Waals surface area contributed by atoms with E-state index in [2.05, 4.69) is 0 Å². The fourth-order valence-electron chi connectivity index (χ4n) is 6.70. The predicted molar refractivity (Wildman–Crippen MR) is 173 cm³/mol. The lowest BCUT2D eigenvalue weighted by Crippen LogP contribution is -2.55. The second kappa shape index (κ2) is 12.4. The molecular formula is C34H24O22. The number of cyclic esters (lactones) is 2. The number of fused-ring (bicyclic) bond motifs is 6. The minimum absolute atomic E-state index is 0.403. The monoisotopic (exact) mass is 784 g/mol. The summed E-state index contributed by atoms with van der Waals surface area (Å²) in [5.74, 6) is -22.9. The average molecular weight is 785 g/mol. The summed E-state index contributed by atoms with van der Waals surface area (Å²) in [4.78, 5) is 55.1. The van der Waals surface area contributed by atoms with E-state index >= 15 is 0 Å². The zero-order chi connectivity index (χ0) is 41.0. The summed E-state index contributed by atoms with van der Waals surface area (Å²) in [6.45, 7) is -1.31. The van der Waals surface area contributed by atoms with Gasteiger partial charge in [-0.3, -0.25) is 0 Å². The van der Waals surface area contributed by atoms with E-state index in [9.17, 15) is 90.7 Å². The maximum atomic E-state index is 14.1. The van der Waals surface area contributed by atoms with Gasteiger partial charge < -0.3 is 90.4 Å². The van der Waals surface area contributed by atoms with E-state index < -0.39 is 180 Å². The van der Waals surface area contributed by atoms with Gasteiger partial charge in [-0.15, -0.1) is 0 Å². The van der Waals surface area contributed by atoms with Gasteiger partial charge in [0, 0.05) is 27.8 Å². The Bertz CT molecular complexity index is 2470. The van der Waals surface area contributed by atoms with Gasteiger partial charge in [-0.2, -0.15) is 0 Å². The molecule has 0 aliphatic carbocycles. The molecule has 5 atom stereocenters. The number of carbonyl (C=O) groups is 4. The highest BCUT2D eigenvalue weighted by Gasteiger charge is 2.53. The van der Waals surface area contributed by atoms with Crippen LogP contribution >= 0.6 is 0 Å². The van der Waals surface area contributed by atoms with Crippen LogP contribution in [0.4, 0.5) is 0 Å². The van der Waals surface area contributed by atoms with Crippen LogP contribution in [0, 0.1) is 0 Å². The van der Waals surface area contributed by atoms with Gasteiger partial charge in [0.2, 0.25) is 23.0 Å². The topological polar surface area (TPSA) is 388 Å². The zero-order valence-corrected chi connectivity index (χ0v) is 27.4. The summed E-state index contributed by atoms with van der Waals surface area (Å²) in [6.07, 6.45) is -12.4. The molecule has 56 heavy (non-hydrogen) atoms. The number of benzene rings is 4. The fraction of sp³-hybridized carbons (Fsp3) is 0.176. The van der Waals surface area contributed by atoms with Crippen LogP contribution in [0.15, 0.2) is 18.2 Å². The first-order chi connectivity index (χ1) is 26.3. The molecule has 0 spiro atoms. The number of ether oxygens (including phenoxy) is 4. The number of hydrogen-bond donors (Lipinski definition) is 14. The molecule has 0 radical (unpaired) electrons. The summed E-state index contributed by atoms with van der Waals surface area (Å²) >= 11 is 0. The molecule has 0 amide bonds. The number of rotatable bonds is 1. The summed E-state index contributed by atoms with van der Waals surface area (Å²) < 4.78 is 21.3. The number of esters is 4. The zero-order valence-electron chi connectivity index (χ0n) is 27.4. The normalized spacial score (nSPS) is 21.6. The summed E-state index contributed by atoms with van der Waals surface area (Å²) in [6, 6.07) is 1.33. The van der Waals surface area contributed by atoms with Gasteiger partial charge in [-0.05, 0) is 18.2 Å². The van der Waals surface area contributed by atoms with Gasteiger partial charge in [0.15, 0.2) is 64.3 Å². The van der Waals surface area contributed by atoms with Gasteiger partial charge in [0.1, 0.15) is 18.8 Å². The molecule has 0 unspecified atom stereocenters. The van der Waals surface area contributed by atoms with Gasteiger partial charge in [0.25, 0.3) is 0 Å². The molecule has 4 aliphatic rings. The predicted octanol–water partition coefficient (Wildman–Crippen LogP) is 0.356. The molecule has 4 aliphatic heterocycles. The van der Waals surface area contributed by atoms with Crippen LogP contribution in [-0.4, -0.2) is 126 Å². The van der Waals surface area contributed by atoms with Crippen molar-refractivity contribution in [3.63, 3.8) is 0 Å². The Labute approximate surface area is 307 Å². The third kappa shape index (κ3) is 5.03. The van der Waals surface area contributed by atoms with Crippen LogP contribution < -0.4 is 0 Å². The molecule has 4 aromatic carbocycles. The summed E-state index contributed by atoms with van der Waals surface area (Å²) in [7, 11) is 0. The van der Waals surface area contributed by atoms with Gasteiger partial charge in [-0.25, -0.2) is 19.2 Å². The van der Waals surface area contributed by atoms with Crippen LogP contribution in [0.5, 0.6) is 69.0 Å². The molecule has 4 bridgehead atoms. The van der Waals surface area contributed by atoms with E-state index in [-0.39, 0.29) is 0 Å². The van der Waals surface area contributed by atoms with Crippen LogP contribution in [0.3, 0.4) is 0 Å². The molecule has 0 saturated heterocycles. The highest BCUT2D eigenvalue weighted by atomic mass is 16.6. The standard InChI is InChI=1S/C34H24O22/c35-8-1-5-12(21(42)18(8)39)13-6(2-9(36)19(40)22(13)43)32(50)54-28(11(38)4-53-31(5)49)30-29-26(47)17-16(34(52)55-29)15(24(45)27(48)25(17)46)14-7(33(51)56-30)3-10(37)20(41)23(14)44/h1-3,11,26,28-30,35-48H,4H2/t11-,26-,28-,29-,30+/m1/s1. The van der Waals surface area contributed by atoms with E-state index in [1.807, 2.05) is 0 Å².